The summed E-state index contributed by atoms with van der Waals surface area (Å²) in [6.07, 6.45) is -0.929. The zero-order valence-electron chi connectivity index (χ0n) is 12.0. The van der Waals surface area contributed by atoms with E-state index in [1.807, 2.05) is 35.3 Å². The minimum Gasteiger partial charge on any atom is -0.353 e. The first kappa shape index (κ1) is 15.9. The number of carbonyl (C=O) groups excluding carboxylic acids is 1. The first-order valence-electron chi connectivity index (χ1n) is 7.02. The summed E-state index contributed by atoms with van der Waals surface area (Å²) in [6, 6.07) is 3.96. The van der Waals surface area contributed by atoms with Crippen LogP contribution >= 0.6 is 0 Å². The number of halogens is 3. The summed E-state index contributed by atoms with van der Waals surface area (Å²) in [5, 5.41) is 1.99. The van der Waals surface area contributed by atoms with Crippen molar-refractivity contribution in [3.05, 3.63) is 24.0 Å². The minimum absolute atomic E-state index is 0.360. The average Bonchev–Trinajstić information content (AvgIpc) is 2.81. The summed E-state index contributed by atoms with van der Waals surface area (Å²) in [6.45, 7) is 0.843. The summed E-state index contributed by atoms with van der Waals surface area (Å²) in [5.41, 5.74) is 1.13. The molecule has 0 radical (unpaired) electrons. The SMILES string of the molecule is Cn1cccc1CN1CCC[C@@H](C(=O)NCC(F)(F)F)C1. The molecular formula is C14H20F3N3O. The van der Waals surface area contributed by atoms with E-state index in [2.05, 4.69) is 4.90 Å². The maximum atomic E-state index is 12.1. The van der Waals surface area contributed by atoms with E-state index in [4.69, 9.17) is 0 Å². The topological polar surface area (TPSA) is 37.3 Å². The Morgan fingerprint density at radius 2 is 2.24 bits per heavy atom. The van der Waals surface area contributed by atoms with Crippen LogP contribution in [0.25, 0.3) is 0 Å². The molecule has 1 aliphatic rings. The fourth-order valence-corrected chi connectivity index (χ4v) is 2.63. The predicted molar refractivity (Wildman–Crippen MR) is 72.5 cm³/mol. The lowest BCUT2D eigenvalue weighted by atomic mass is 9.97. The summed E-state index contributed by atoms with van der Waals surface area (Å²) < 4.78 is 38.4. The van der Waals surface area contributed by atoms with E-state index >= 15 is 0 Å². The summed E-state index contributed by atoms with van der Waals surface area (Å²) >= 11 is 0. The number of piperidine rings is 1. The van der Waals surface area contributed by atoms with Crippen molar-refractivity contribution in [3.8, 4) is 0 Å². The molecule has 1 aliphatic heterocycles. The number of carbonyl (C=O) groups is 1. The van der Waals surface area contributed by atoms with E-state index in [1.165, 1.54) is 0 Å². The third-order valence-corrected chi connectivity index (χ3v) is 3.78. The van der Waals surface area contributed by atoms with Crippen LogP contribution in [0.1, 0.15) is 18.5 Å². The number of likely N-dealkylation sites (tertiary alicyclic amines) is 1. The monoisotopic (exact) mass is 303 g/mol. The smallest absolute Gasteiger partial charge is 0.353 e. The van der Waals surface area contributed by atoms with Crippen molar-refractivity contribution in [3.63, 3.8) is 0 Å². The molecule has 0 unspecified atom stereocenters. The molecule has 1 aromatic heterocycles. The molecule has 1 fully saturated rings. The van der Waals surface area contributed by atoms with Gasteiger partial charge in [0.15, 0.2) is 0 Å². The Labute approximate surface area is 121 Å². The minimum atomic E-state index is -4.35. The Balaban J connectivity index is 1.85. The molecule has 0 aliphatic carbocycles. The third kappa shape index (κ3) is 4.77. The average molecular weight is 303 g/mol. The first-order valence-corrected chi connectivity index (χ1v) is 7.02. The van der Waals surface area contributed by atoms with Gasteiger partial charge in [-0.1, -0.05) is 0 Å². The van der Waals surface area contributed by atoms with Crippen LogP contribution in [-0.2, 0) is 18.4 Å². The zero-order chi connectivity index (χ0) is 15.5. The van der Waals surface area contributed by atoms with Gasteiger partial charge in [-0.25, -0.2) is 0 Å². The molecule has 118 valence electrons. The highest BCUT2D eigenvalue weighted by molar-refractivity contribution is 5.79. The second-order valence-corrected chi connectivity index (χ2v) is 5.52. The Hall–Kier alpha value is -1.50. The van der Waals surface area contributed by atoms with Gasteiger partial charge in [-0.15, -0.1) is 0 Å². The van der Waals surface area contributed by atoms with Crippen LogP contribution in [-0.4, -0.2) is 41.2 Å². The van der Waals surface area contributed by atoms with Crippen LogP contribution in [0.4, 0.5) is 13.2 Å². The quantitative estimate of drug-likeness (QED) is 0.922. The van der Waals surface area contributed by atoms with Gasteiger partial charge in [0.2, 0.25) is 5.91 Å². The lowest BCUT2D eigenvalue weighted by Gasteiger charge is -2.32. The highest BCUT2D eigenvalue weighted by atomic mass is 19.4. The number of amides is 1. The van der Waals surface area contributed by atoms with Crippen molar-refractivity contribution < 1.29 is 18.0 Å². The Kier molecular flexibility index (Phi) is 4.92. The molecule has 21 heavy (non-hydrogen) atoms. The van der Waals surface area contributed by atoms with Gasteiger partial charge in [-0.2, -0.15) is 13.2 Å². The molecule has 0 spiro atoms. The second-order valence-electron chi connectivity index (χ2n) is 5.52. The van der Waals surface area contributed by atoms with Crippen LogP contribution in [0.2, 0.25) is 0 Å². The molecule has 1 aromatic rings. The Morgan fingerprint density at radius 1 is 1.48 bits per heavy atom. The van der Waals surface area contributed by atoms with Crippen molar-refractivity contribution in [1.29, 1.82) is 0 Å². The van der Waals surface area contributed by atoms with Gasteiger partial charge < -0.3 is 9.88 Å². The van der Waals surface area contributed by atoms with E-state index in [0.29, 0.717) is 19.5 Å². The number of aryl methyl sites for hydroxylation is 1. The normalized spacial score (nSPS) is 20.5. The molecule has 2 rings (SSSR count). The number of nitrogens with zero attached hydrogens (tertiary/aromatic N) is 2. The molecule has 1 N–H and O–H groups in total. The molecule has 0 aromatic carbocycles. The van der Waals surface area contributed by atoms with Gasteiger partial charge in [0.05, 0.1) is 5.92 Å². The molecule has 4 nitrogen and oxygen atoms in total. The molecule has 0 saturated carbocycles. The largest absolute Gasteiger partial charge is 0.405 e. The van der Waals surface area contributed by atoms with Crippen molar-refractivity contribution in [1.82, 2.24) is 14.8 Å². The van der Waals surface area contributed by atoms with Gasteiger partial charge in [0.1, 0.15) is 6.54 Å². The standard InChI is InChI=1S/C14H20F3N3O/c1-19-6-3-5-12(19)9-20-7-2-4-11(8-20)13(21)18-10-14(15,16)17/h3,5-6,11H,2,4,7-10H2,1H3,(H,18,21)/t11-/m1/s1. The fourth-order valence-electron chi connectivity index (χ4n) is 2.63. The van der Waals surface area contributed by atoms with Crippen LogP contribution in [0.5, 0.6) is 0 Å². The van der Waals surface area contributed by atoms with Crippen LogP contribution < -0.4 is 5.32 Å². The van der Waals surface area contributed by atoms with Gasteiger partial charge in [-0.05, 0) is 31.5 Å². The summed E-state index contributed by atoms with van der Waals surface area (Å²) in [7, 11) is 1.95. The second kappa shape index (κ2) is 6.51. The molecular weight excluding hydrogens is 283 g/mol. The van der Waals surface area contributed by atoms with Crippen LogP contribution in [0.3, 0.4) is 0 Å². The van der Waals surface area contributed by atoms with Gasteiger partial charge in [0.25, 0.3) is 0 Å². The highest BCUT2D eigenvalue weighted by Gasteiger charge is 2.31. The first-order chi connectivity index (χ1) is 9.85. The summed E-state index contributed by atoms with van der Waals surface area (Å²) in [4.78, 5) is 13.9. The number of hydrogen-bond acceptors (Lipinski definition) is 2. The lowest BCUT2D eigenvalue weighted by Crippen LogP contribution is -2.45. The highest BCUT2D eigenvalue weighted by Crippen LogP contribution is 2.19. The maximum absolute atomic E-state index is 12.1. The zero-order valence-corrected chi connectivity index (χ0v) is 12.0. The lowest BCUT2D eigenvalue weighted by molar-refractivity contribution is -0.141. The van der Waals surface area contributed by atoms with E-state index in [0.717, 1.165) is 18.7 Å². The van der Waals surface area contributed by atoms with Crippen molar-refractivity contribution in [2.45, 2.75) is 25.6 Å². The van der Waals surface area contributed by atoms with Crippen molar-refractivity contribution in [2.24, 2.45) is 13.0 Å². The number of rotatable bonds is 4. The maximum Gasteiger partial charge on any atom is 0.405 e. The third-order valence-electron chi connectivity index (χ3n) is 3.78. The summed E-state index contributed by atoms with van der Waals surface area (Å²) in [5.74, 6) is -0.856. The molecule has 1 amide bonds. The molecule has 7 heteroatoms. The van der Waals surface area contributed by atoms with E-state index in [9.17, 15) is 18.0 Å². The van der Waals surface area contributed by atoms with E-state index in [-0.39, 0.29) is 5.92 Å². The van der Waals surface area contributed by atoms with Gasteiger partial charge in [-0.3, -0.25) is 9.69 Å². The molecule has 1 saturated heterocycles. The fraction of sp³-hybridized carbons (Fsp3) is 0.643. The predicted octanol–water partition coefficient (Wildman–Crippen LogP) is 1.92. The Morgan fingerprint density at radius 3 is 2.86 bits per heavy atom. The van der Waals surface area contributed by atoms with Gasteiger partial charge in [0, 0.05) is 32.0 Å². The Bertz CT molecular complexity index is 484. The molecule has 1 atom stereocenters. The van der Waals surface area contributed by atoms with Crippen molar-refractivity contribution >= 4 is 5.91 Å². The van der Waals surface area contributed by atoms with Gasteiger partial charge >= 0.3 is 6.18 Å². The van der Waals surface area contributed by atoms with Crippen LogP contribution in [0.15, 0.2) is 18.3 Å². The molecule has 2 heterocycles. The number of hydrogen-bond donors (Lipinski definition) is 1. The number of alkyl halides is 3. The number of nitrogens with one attached hydrogen (secondary N) is 1. The van der Waals surface area contributed by atoms with Crippen LogP contribution in [0, 0.1) is 5.92 Å². The number of aromatic nitrogens is 1. The molecule has 0 bridgehead atoms. The van der Waals surface area contributed by atoms with Crippen molar-refractivity contribution in [2.75, 3.05) is 19.6 Å². The van der Waals surface area contributed by atoms with E-state index in [1.54, 1.807) is 0 Å². The van der Waals surface area contributed by atoms with E-state index < -0.39 is 18.6 Å².